The van der Waals surface area contributed by atoms with Crippen LogP contribution in [-0.4, -0.2) is 16.2 Å². The molecule has 4 rings (SSSR count). The van der Waals surface area contributed by atoms with Crippen LogP contribution in [0.4, 0.5) is 0 Å². The first kappa shape index (κ1) is 11.8. The Bertz CT molecular complexity index is 794. The summed E-state index contributed by atoms with van der Waals surface area (Å²) in [6, 6.07) is 12.1. The number of fused-ring (bicyclic) bond motifs is 2. The number of nitrogens with zero attached hydrogens (tertiary/aromatic N) is 2. The predicted molar refractivity (Wildman–Crippen MR) is 79.5 cm³/mol. The lowest BCUT2D eigenvalue weighted by Crippen LogP contribution is -2.00. The van der Waals surface area contributed by atoms with Crippen LogP contribution in [0.15, 0.2) is 42.7 Å². The molecule has 0 atom stereocenters. The van der Waals surface area contributed by atoms with E-state index in [9.17, 15) is 0 Å². The summed E-state index contributed by atoms with van der Waals surface area (Å²) in [5.74, 6) is 0.993. The van der Waals surface area contributed by atoms with Crippen molar-refractivity contribution in [2.45, 2.75) is 13.0 Å². The van der Waals surface area contributed by atoms with Gasteiger partial charge in [-0.2, -0.15) is 0 Å². The topological polar surface area (TPSA) is 27.1 Å². The zero-order valence-corrected chi connectivity index (χ0v) is 11.6. The predicted octanol–water partition coefficient (Wildman–Crippen LogP) is 3.67. The van der Waals surface area contributed by atoms with Gasteiger partial charge in [0.25, 0.3) is 0 Å². The van der Waals surface area contributed by atoms with Gasteiger partial charge < -0.3 is 9.30 Å². The number of rotatable bonds is 2. The van der Waals surface area contributed by atoms with Crippen LogP contribution < -0.4 is 4.74 Å². The average molecular weight is 285 g/mol. The highest BCUT2D eigenvalue weighted by Crippen LogP contribution is 2.33. The van der Waals surface area contributed by atoms with Gasteiger partial charge in [-0.05, 0) is 29.8 Å². The molecule has 2 aromatic carbocycles. The molecule has 0 N–H and O–H groups in total. The van der Waals surface area contributed by atoms with Crippen LogP contribution in [0.1, 0.15) is 11.1 Å². The Morgan fingerprint density at radius 3 is 3.10 bits per heavy atom. The van der Waals surface area contributed by atoms with Gasteiger partial charge in [0.05, 0.1) is 30.5 Å². The van der Waals surface area contributed by atoms with E-state index in [2.05, 4.69) is 15.6 Å². The third kappa shape index (κ3) is 1.86. The van der Waals surface area contributed by atoms with Crippen molar-refractivity contribution < 1.29 is 4.74 Å². The minimum Gasteiger partial charge on any atom is -0.493 e. The van der Waals surface area contributed by atoms with Gasteiger partial charge in [-0.15, -0.1) is 0 Å². The van der Waals surface area contributed by atoms with Crippen molar-refractivity contribution in [3.63, 3.8) is 0 Å². The minimum atomic E-state index is 0.726. The summed E-state index contributed by atoms with van der Waals surface area (Å²) in [5, 5.41) is 0.772. The number of ether oxygens (including phenoxy) is 1. The molecule has 1 aliphatic heterocycles. The lowest BCUT2D eigenvalue weighted by atomic mass is 10.1. The van der Waals surface area contributed by atoms with Crippen molar-refractivity contribution >= 4 is 22.6 Å². The SMILES string of the molecule is Clc1cc2c(c(Cn3cnc4ccccc43)c1)OCC2. The van der Waals surface area contributed by atoms with E-state index in [0.717, 1.165) is 46.9 Å². The Balaban J connectivity index is 1.80. The van der Waals surface area contributed by atoms with Crippen LogP contribution in [0.3, 0.4) is 0 Å². The number of halogens is 1. The molecule has 0 saturated carbocycles. The molecule has 0 fully saturated rings. The lowest BCUT2D eigenvalue weighted by molar-refractivity contribution is 0.353. The van der Waals surface area contributed by atoms with E-state index in [0.29, 0.717) is 0 Å². The van der Waals surface area contributed by atoms with E-state index >= 15 is 0 Å². The minimum absolute atomic E-state index is 0.726. The quantitative estimate of drug-likeness (QED) is 0.718. The highest BCUT2D eigenvalue weighted by Gasteiger charge is 2.18. The van der Waals surface area contributed by atoms with E-state index in [1.807, 2.05) is 36.7 Å². The molecule has 1 aromatic heterocycles. The standard InChI is InChI=1S/C16H13ClN2O/c17-13-7-11-5-6-20-16(11)12(8-13)9-19-10-18-14-3-1-2-4-15(14)19/h1-4,7-8,10H,5-6,9H2. The zero-order chi connectivity index (χ0) is 13.5. The normalized spacial score (nSPS) is 13.4. The molecule has 0 saturated heterocycles. The largest absolute Gasteiger partial charge is 0.493 e. The first-order valence-corrected chi connectivity index (χ1v) is 7.03. The van der Waals surface area contributed by atoms with Crippen LogP contribution >= 0.6 is 11.6 Å². The van der Waals surface area contributed by atoms with Crippen LogP contribution in [0.25, 0.3) is 11.0 Å². The molecular weight excluding hydrogens is 272 g/mol. The van der Waals surface area contributed by atoms with Gasteiger partial charge in [0, 0.05) is 17.0 Å². The molecule has 0 bridgehead atoms. The summed E-state index contributed by atoms with van der Waals surface area (Å²) < 4.78 is 7.88. The molecule has 3 nitrogen and oxygen atoms in total. The van der Waals surface area contributed by atoms with E-state index in [1.54, 1.807) is 0 Å². The first-order valence-electron chi connectivity index (χ1n) is 6.65. The van der Waals surface area contributed by atoms with Crippen molar-refractivity contribution in [2.24, 2.45) is 0 Å². The molecule has 0 aliphatic carbocycles. The van der Waals surface area contributed by atoms with Crippen LogP contribution in [0, 0.1) is 0 Å². The van der Waals surface area contributed by atoms with Gasteiger partial charge in [0.1, 0.15) is 5.75 Å². The molecule has 0 radical (unpaired) electrons. The summed E-state index contributed by atoms with van der Waals surface area (Å²) in [7, 11) is 0. The second kappa shape index (κ2) is 4.53. The van der Waals surface area contributed by atoms with E-state index in [4.69, 9.17) is 16.3 Å². The van der Waals surface area contributed by atoms with Crippen LogP contribution in [-0.2, 0) is 13.0 Å². The Kier molecular flexibility index (Phi) is 2.67. The maximum absolute atomic E-state index is 6.21. The van der Waals surface area contributed by atoms with Crippen molar-refractivity contribution in [2.75, 3.05) is 6.61 Å². The summed E-state index contributed by atoms with van der Waals surface area (Å²) in [4.78, 5) is 4.42. The third-order valence-corrected chi connectivity index (χ3v) is 3.91. The fourth-order valence-electron chi connectivity index (χ4n) is 2.78. The summed E-state index contributed by atoms with van der Waals surface area (Å²) in [5.41, 5.74) is 4.45. The first-order chi connectivity index (χ1) is 9.81. The molecule has 3 aromatic rings. The number of benzene rings is 2. The molecular formula is C16H13ClN2O. The van der Waals surface area contributed by atoms with Crippen LogP contribution in [0.2, 0.25) is 5.02 Å². The van der Waals surface area contributed by atoms with E-state index in [-0.39, 0.29) is 0 Å². The summed E-state index contributed by atoms with van der Waals surface area (Å²) in [6.07, 6.45) is 2.81. The maximum Gasteiger partial charge on any atom is 0.127 e. The van der Waals surface area contributed by atoms with Gasteiger partial charge in [-0.3, -0.25) is 0 Å². The molecule has 1 aliphatic rings. The van der Waals surface area contributed by atoms with Gasteiger partial charge >= 0.3 is 0 Å². The zero-order valence-electron chi connectivity index (χ0n) is 10.8. The fourth-order valence-corrected chi connectivity index (χ4v) is 3.05. The van der Waals surface area contributed by atoms with Gasteiger partial charge in [-0.1, -0.05) is 23.7 Å². The number of hydrogen-bond acceptors (Lipinski definition) is 2. The van der Waals surface area contributed by atoms with Gasteiger partial charge in [0.15, 0.2) is 0 Å². The second-order valence-corrected chi connectivity index (χ2v) is 5.45. The van der Waals surface area contributed by atoms with Crippen molar-refractivity contribution in [3.05, 3.63) is 58.9 Å². The smallest absolute Gasteiger partial charge is 0.127 e. The van der Waals surface area contributed by atoms with Gasteiger partial charge in [0.2, 0.25) is 0 Å². The molecule has 0 unspecified atom stereocenters. The van der Waals surface area contributed by atoms with Gasteiger partial charge in [-0.25, -0.2) is 4.98 Å². The number of para-hydroxylation sites is 2. The molecule has 0 amide bonds. The fraction of sp³-hybridized carbons (Fsp3) is 0.188. The number of aromatic nitrogens is 2. The molecule has 0 spiro atoms. The van der Waals surface area contributed by atoms with Crippen molar-refractivity contribution in [1.82, 2.24) is 9.55 Å². The summed E-state index contributed by atoms with van der Waals surface area (Å²) >= 11 is 6.21. The van der Waals surface area contributed by atoms with E-state index in [1.165, 1.54) is 5.56 Å². The molecule has 20 heavy (non-hydrogen) atoms. The Morgan fingerprint density at radius 2 is 2.15 bits per heavy atom. The Morgan fingerprint density at radius 1 is 1.25 bits per heavy atom. The number of imidazole rings is 1. The Hall–Kier alpha value is -2.00. The molecule has 4 heteroatoms. The monoisotopic (exact) mass is 284 g/mol. The second-order valence-electron chi connectivity index (χ2n) is 5.01. The van der Waals surface area contributed by atoms with E-state index < -0.39 is 0 Å². The highest BCUT2D eigenvalue weighted by atomic mass is 35.5. The maximum atomic E-state index is 6.21. The van der Waals surface area contributed by atoms with Crippen molar-refractivity contribution in [1.29, 1.82) is 0 Å². The average Bonchev–Trinajstić information content (AvgIpc) is 3.06. The molecule has 2 heterocycles. The highest BCUT2D eigenvalue weighted by molar-refractivity contribution is 6.30. The number of hydrogen-bond donors (Lipinski definition) is 0. The lowest BCUT2D eigenvalue weighted by Gasteiger charge is -2.10. The van der Waals surface area contributed by atoms with Crippen molar-refractivity contribution in [3.8, 4) is 5.75 Å². The van der Waals surface area contributed by atoms with Crippen LogP contribution in [0.5, 0.6) is 5.75 Å². The Labute approximate surface area is 121 Å². The molecule has 100 valence electrons. The third-order valence-electron chi connectivity index (χ3n) is 3.69. The summed E-state index contributed by atoms with van der Waals surface area (Å²) in [6.45, 7) is 1.47.